The van der Waals surface area contributed by atoms with Crippen LogP contribution in [-0.4, -0.2) is 40.8 Å². The second-order valence-electron chi connectivity index (χ2n) is 7.83. The molecule has 0 atom stereocenters. The summed E-state index contributed by atoms with van der Waals surface area (Å²) in [5, 5.41) is 17.5. The average Bonchev–Trinajstić information content (AvgIpc) is 3.60. The van der Waals surface area contributed by atoms with E-state index in [0.29, 0.717) is 31.6 Å². The van der Waals surface area contributed by atoms with Gasteiger partial charge >= 0.3 is 0 Å². The van der Waals surface area contributed by atoms with E-state index in [0.717, 1.165) is 18.5 Å². The highest BCUT2D eigenvalue weighted by Crippen LogP contribution is 2.32. The first-order chi connectivity index (χ1) is 14.5. The number of rotatable bonds is 6. The van der Waals surface area contributed by atoms with Crippen molar-refractivity contribution in [2.24, 2.45) is 5.92 Å². The summed E-state index contributed by atoms with van der Waals surface area (Å²) in [4.78, 5) is 37.7. The fourth-order valence-electron chi connectivity index (χ4n) is 3.71. The van der Waals surface area contributed by atoms with E-state index in [2.05, 4.69) is 10.6 Å². The molecule has 1 saturated heterocycles. The second kappa shape index (κ2) is 8.52. The van der Waals surface area contributed by atoms with E-state index in [4.69, 9.17) is 0 Å². The lowest BCUT2D eigenvalue weighted by molar-refractivity contribution is -0.383. The number of amides is 2. The summed E-state index contributed by atoms with van der Waals surface area (Å²) in [6, 6.07) is 13.5. The largest absolute Gasteiger partial charge is 0.350 e. The number of nitrogens with one attached hydrogen (secondary N) is 2. The minimum absolute atomic E-state index is 0.0399. The average molecular weight is 408 g/mol. The Bertz CT molecular complexity index is 951. The summed E-state index contributed by atoms with van der Waals surface area (Å²) < 4.78 is 0. The van der Waals surface area contributed by atoms with Gasteiger partial charge in [0.1, 0.15) is 5.69 Å². The lowest BCUT2D eigenvalue weighted by Gasteiger charge is -2.32. The number of carbonyl (C=O) groups excluding carboxylic acids is 2. The molecule has 2 aromatic carbocycles. The smallest absolute Gasteiger partial charge is 0.293 e. The Morgan fingerprint density at radius 3 is 2.33 bits per heavy atom. The molecule has 1 saturated carbocycles. The number of nitrogens with zero attached hydrogens (tertiary/aromatic N) is 2. The summed E-state index contributed by atoms with van der Waals surface area (Å²) in [5.41, 5.74) is 1.15. The third-order valence-electron chi connectivity index (χ3n) is 5.58. The van der Waals surface area contributed by atoms with Gasteiger partial charge in [0.15, 0.2) is 0 Å². The number of piperidine rings is 1. The zero-order valence-electron chi connectivity index (χ0n) is 16.5. The van der Waals surface area contributed by atoms with E-state index in [9.17, 15) is 19.7 Å². The molecule has 0 spiro atoms. The fraction of sp³-hybridized carbons (Fsp3) is 0.364. The maximum absolute atomic E-state index is 12.7. The SMILES string of the molecule is O=C(NC1CCN(C(=O)C2CC2)CC1)c1ccc(Nc2ccccc2)c([N+](=O)[O-])c1. The van der Waals surface area contributed by atoms with Crippen LogP contribution in [0.2, 0.25) is 0 Å². The highest BCUT2D eigenvalue weighted by Gasteiger charge is 2.35. The topological polar surface area (TPSA) is 105 Å². The molecule has 2 N–H and O–H groups in total. The fourth-order valence-corrected chi connectivity index (χ4v) is 3.71. The van der Waals surface area contributed by atoms with Gasteiger partial charge in [-0.3, -0.25) is 19.7 Å². The number of carbonyl (C=O) groups is 2. The van der Waals surface area contributed by atoms with Crippen molar-refractivity contribution in [3.05, 3.63) is 64.2 Å². The molecule has 1 aliphatic carbocycles. The first-order valence-electron chi connectivity index (χ1n) is 10.2. The Morgan fingerprint density at radius 2 is 1.70 bits per heavy atom. The van der Waals surface area contributed by atoms with Gasteiger partial charge in [-0.2, -0.15) is 0 Å². The predicted molar refractivity (Wildman–Crippen MR) is 113 cm³/mol. The van der Waals surface area contributed by atoms with Crippen LogP contribution in [0, 0.1) is 16.0 Å². The summed E-state index contributed by atoms with van der Waals surface area (Å²) in [7, 11) is 0. The van der Waals surface area contributed by atoms with Gasteiger partial charge in [-0.15, -0.1) is 0 Å². The Labute approximate surface area is 174 Å². The third kappa shape index (κ3) is 4.59. The van der Waals surface area contributed by atoms with E-state index >= 15 is 0 Å². The number of hydrogen-bond acceptors (Lipinski definition) is 5. The molecule has 8 heteroatoms. The molecular weight excluding hydrogens is 384 g/mol. The standard InChI is InChI=1S/C22H24N4O4/c27-21(24-18-10-12-25(13-11-18)22(28)15-6-7-15)16-8-9-19(20(14-16)26(29)30)23-17-4-2-1-3-5-17/h1-5,8-9,14-15,18,23H,6-7,10-13H2,(H,24,27). The molecule has 0 unspecified atom stereocenters. The number of nitro groups is 1. The van der Waals surface area contributed by atoms with Crippen molar-refractivity contribution >= 4 is 28.9 Å². The van der Waals surface area contributed by atoms with Crippen LogP contribution in [0.25, 0.3) is 0 Å². The molecule has 156 valence electrons. The van der Waals surface area contributed by atoms with Gasteiger partial charge in [0.25, 0.3) is 11.6 Å². The minimum atomic E-state index is -0.496. The molecule has 2 aromatic rings. The molecule has 0 aromatic heterocycles. The van der Waals surface area contributed by atoms with Crippen molar-refractivity contribution in [3.63, 3.8) is 0 Å². The Balaban J connectivity index is 1.39. The Kier molecular flexibility index (Phi) is 5.65. The molecular formula is C22H24N4O4. The van der Waals surface area contributed by atoms with Crippen molar-refractivity contribution in [2.45, 2.75) is 31.7 Å². The molecule has 30 heavy (non-hydrogen) atoms. The van der Waals surface area contributed by atoms with Crippen molar-refractivity contribution in [3.8, 4) is 0 Å². The first-order valence-corrected chi connectivity index (χ1v) is 10.2. The highest BCUT2D eigenvalue weighted by atomic mass is 16.6. The van der Waals surface area contributed by atoms with E-state index in [1.165, 1.54) is 6.07 Å². The van der Waals surface area contributed by atoms with Crippen molar-refractivity contribution in [1.29, 1.82) is 0 Å². The maximum atomic E-state index is 12.7. The quantitative estimate of drug-likeness (QED) is 0.563. The van der Waals surface area contributed by atoms with Crippen LogP contribution in [0.5, 0.6) is 0 Å². The number of para-hydroxylation sites is 1. The number of anilines is 2. The van der Waals surface area contributed by atoms with E-state index in [-0.39, 0.29) is 35.0 Å². The maximum Gasteiger partial charge on any atom is 0.293 e. The number of benzene rings is 2. The lowest BCUT2D eigenvalue weighted by atomic mass is 10.0. The van der Waals surface area contributed by atoms with Crippen molar-refractivity contribution in [2.75, 3.05) is 18.4 Å². The zero-order chi connectivity index (χ0) is 21.1. The third-order valence-corrected chi connectivity index (χ3v) is 5.58. The number of likely N-dealkylation sites (tertiary alicyclic amines) is 1. The van der Waals surface area contributed by atoms with Crippen LogP contribution >= 0.6 is 0 Å². The first kappa shape index (κ1) is 19.9. The van der Waals surface area contributed by atoms with Gasteiger partial charge < -0.3 is 15.5 Å². The van der Waals surface area contributed by atoms with Crippen LogP contribution < -0.4 is 10.6 Å². The van der Waals surface area contributed by atoms with Crippen LogP contribution in [0.3, 0.4) is 0 Å². The lowest BCUT2D eigenvalue weighted by Crippen LogP contribution is -2.47. The number of nitro benzene ring substituents is 1. The number of hydrogen-bond donors (Lipinski definition) is 2. The summed E-state index contributed by atoms with van der Waals surface area (Å²) in [6.45, 7) is 1.28. The van der Waals surface area contributed by atoms with Crippen molar-refractivity contribution < 1.29 is 14.5 Å². The zero-order valence-corrected chi connectivity index (χ0v) is 16.5. The second-order valence-corrected chi connectivity index (χ2v) is 7.83. The summed E-state index contributed by atoms with van der Waals surface area (Å²) in [5.74, 6) is 0.105. The molecule has 2 fully saturated rings. The molecule has 4 rings (SSSR count). The molecule has 0 bridgehead atoms. The summed E-state index contributed by atoms with van der Waals surface area (Å²) in [6.07, 6.45) is 3.37. The van der Waals surface area contributed by atoms with Gasteiger partial charge in [-0.1, -0.05) is 18.2 Å². The van der Waals surface area contributed by atoms with E-state index in [1.807, 2.05) is 35.2 Å². The molecule has 2 aliphatic rings. The van der Waals surface area contributed by atoms with Crippen LogP contribution in [0.1, 0.15) is 36.0 Å². The van der Waals surface area contributed by atoms with Gasteiger partial charge in [0.2, 0.25) is 5.91 Å². The van der Waals surface area contributed by atoms with Crippen molar-refractivity contribution in [1.82, 2.24) is 10.2 Å². The Morgan fingerprint density at radius 1 is 1.00 bits per heavy atom. The van der Waals surface area contributed by atoms with Gasteiger partial charge in [0, 0.05) is 42.4 Å². The molecule has 8 nitrogen and oxygen atoms in total. The molecule has 1 heterocycles. The molecule has 1 aliphatic heterocycles. The summed E-state index contributed by atoms with van der Waals surface area (Å²) >= 11 is 0. The molecule has 2 amide bonds. The predicted octanol–water partition coefficient (Wildman–Crippen LogP) is 3.47. The van der Waals surface area contributed by atoms with E-state index < -0.39 is 4.92 Å². The highest BCUT2D eigenvalue weighted by molar-refractivity contribution is 5.96. The van der Waals surface area contributed by atoms with Gasteiger partial charge in [-0.05, 0) is 49.9 Å². The van der Waals surface area contributed by atoms with E-state index in [1.54, 1.807) is 12.1 Å². The van der Waals surface area contributed by atoms with Crippen LogP contribution in [0.4, 0.5) is 17.1 Å². The Hall–Kier alpha value is -3.42. The minimum Gasteiger partial charge on any atom is -0.350 e. The van der Waals surface area contributed by atoms with Crippen LogP contribution in [-0.2, 0) is 4.79 Å². The van der Waals surface area contributed by atoms with Crippen LogP contribution in [0.15, 0.2) is 48.5 Å². The monoisotopic (exact) mass is 408 g/mol. The normalized spacial score (nSPS) is 16.7. The van der Waals surface area contributed by atoms with Gasteiger partial charge in [0.05, 0.1) is 4.92 Å². The van der Waals surface area contributed by atoms with Gasteiger partial charge in [-0.25, -0.2) is 0 Å². The molecule has 0 radical (unpaired) electrons.